The third-order valence-corrected chi connectivity index (χ3v) is 2.53. The van der Waals surface area contributed by atoms with E-state index in [9.17, 15) is 19.3 Å². The largest absolute Gasteiger partial charge is 0.481 e. The van der Waals surface area contributed by atoms with Crippen LogP contribution in [0.25, 0.3) is 0 Å². The van der Waals surface area contributed by atoms with E-state index in [2.05, 4.69) is 0 Å². The van der Waals surface area contributed by atoms with Crippen LogP contribution in [0.1, 0.15) is 18.9 Å². The second-order valence-electron chi connectivity index (χ2n) is 3.69. The van der Waals surface area contributed by atoms with Gasteiger partial charge in [-0.3, -0.25) is 14.9 Å². The smallest absolute Gasteiger partial charge is 0.306 e. The van der Waals surface area contributed by atoms with E-state index >= 15 is 0 Å². The number of benzene rings is 1. The van der Waals surface area contributed by atoms with Crippen LogP contribution in [0.4, 0.5) is 10.1 Å². The van der Waals surface area contributed by atoms with Crippen LogP contribution in [0, 0.1) is 21.8 Å². The standard InChI is InChI=1S/C11H12FNO4/c1-2-8(11(14)15)5-7-3-4-10(13(16)17)9(12)6-7/h3-4,6,8H,2,5H2,1H3,(H,14,15). The van der Waals surface area contributed by atoms with Gasteiger partial charge in [0.15, 0.2) is 0 Å². The van der Waals surface area contributed by atoms with Crippen LogP contribution < -0.4 is 0 Å². The molecule has 0 radical (unpaired) electrons. The number of nitrogens with zero attached hydrogens (tertiary/aromatic N) is 1. The summed E-state index contributed by atoms with van der Waals surface area (Å²) in [5, 5.41) is 19.2. The Morgan fingerprint density at radius 3 is 2.65 bits per heavy atom. The fraction of sp³-hybridized carbons (Fsp3) is 0.364. The molecule has 1 N–H and O–H groups in total. The number of carboxylic acid groups (broad SMARTS) is 1. The number of carboxylic acids is 1. The molecule has 0 saturated carbocycles. The maximum atomic E-state index is 13.3. The normalized spacial score (nSPS) is 12.1. The molecule has 0 aromatic heterocycles. The van der Waals surface area contributed by atoms with Crippen LogP contribution in [0.3, 0.4) is 0 Å². The Morgan fingerprint density at radius 2 is 2.24 bits per heavy atom. The van der Waals surface area contributed by atoms with E-state index in [4.69, 9.17) is 5.11 Å². The Labute approximate surface area is 97.0 Å². The summed E-state index contributed by atoms with van der Waals surface area (Å²) in [6.07, 6.45) is 0.592. The molecule has 0 fully saturated rings. The first-order chi connectivity index (χ1) is 7.95. The van der Waals surface area contributed by atoms with Crippen molar-refractivity contribution >= 4 is 11.7 Å². The van der Waals surface area contributed by atoms with Crippen molar-refractivity contribution in [1.82, 2.24) is 0 Å². The van der Waals surface area contributed by atoms with Crippen molar-refractivity contribution < 1.29 is 19.2 Å². The van der Waals surface area contributed by atoms with Crippen LogP contribution in [0.5, 0.6) is 0 Å². The van der Waals surface area contributed by atoms with Gasteiger partial charge in [-0.25, -0.2) is 0 Å². The molecular weight excluding hydrogens is 229 g/mol. The van der Waals surface area contributed by atoms with E-state index < -0.39 is 28.3 Å². The van der Waals surface area contributed by atoms with Gasteiger partial charge in [0.2, 0.25) is 5.82 Å². The molecule has 0 saturated heterocycles. The number of nitro groups is 1. The van der Waals surface area contributed by atoms with Crippen molar-refractivity contribution in [2.45, 2.75) is 19.8 Å². The lowest BCUT2D eigenvalue weighted by Crippen LogP contribution is -2.15. The minimum Gasteiger partial charge on any atom is -0.481 e. The Hall–Kier alpha value is -1.98. The first-order valence-corrected chi connectivity index (χ1v) is 5.11. The van der Waals surface area contributed by atoms with Gasteiger partial charge in [0, 0.05) is 6.07 Å². The highest BCUT2D eigenvalue weighted by molar-refractivity contribution is 5.70. The summed E-state index contributed by atoms with van der Waals surface area (Å²) in [5.74, 6) is -2.49. The molecule has 0 amide bonds. The molecule has 0 aliphatic carbocycles. The van der Waals surface area contributed by atoms with Gasteiger partial charge in [0.05, 0.1) is 10.8 Å². The zero-order valence-electron chi connectivity index (χ0n) is 9.22. The van der Waals surface area contributed by atoms with Crippen molar-refractivity contribution in [3.05, 3.63) is 39.7 Å². The third kappa shape index (κ3) is 3.24. The highest BCUT2D eigenvalue weighted by Gasteiger charge is 2.18. The fourth-order valence-electron chi connectivity index (χ4n) is 1.52. The van der Waals surface area contributed by atoms with Gasteiger partial charge in [-0.05, 0) is 24.5 Å². The second kappa shape index (κ2) is 5.38. The van der Waals surface area contributed by atoms with E-state index in [1.54, 1.807) is 6.92 Å². The number of aliphatic carboxylic acids is 1. The number of halogens is 1. The lowest BCUT2D eigenvalue weighted by Gasteiger charge is -2.09. The summed E-state index contributed by atoms with van der Waals surface area (Å²) in [7, 11) is 0. The second-order valence-corrected chi connectivity index (χ2v) is 3.69. The van der Waals surface area contributed by atoms with E-state index in [1.165, 1.54) is 6.07 Å². The van der Waals surface area contributed by atoms with Crippen molar-refractivity contribution in [3.63, 3.8) is 0 Å². The fourth-order valence-corrected chi connectivity index (χ4v) is 1.52. The number of carbonyl (C=O) groups is 1. The summed E-state index contributed by atoms with van der Waals surface area (Å²) < 4.78 is 13.3. The lowest BCUT2D eigenvalue weighted by molar-refractivity contribution is -0.387. The van der Waals surface area contributed by atoms with E-state index in [1.807, 2.05) is 0 Å². The van der Waals surface area contributed by atoms with Crippen LogP contribution in [0.15, 0.2) is 18.2 Å². The maximum absolute atomic E-state index is 13.3. The number of nitro benzene ring substituents is 1. The summed E-state index contributed by atoms with van der Waals surface area (Å²) >= 11 is 0. The average Bonchev–Trinajstić information content (AvgIpc) is 2.24. The van der Waals surface area contributed by atoms with Gasteiger partial charge >= 0.3 is 11.7 Å². The van der Waals surface area contributed by atoms with Crippen molar-refractivity contribution in [1.29, 1.82) is 0 Å². The van der Waals surface area contributed by atoms with Crippen LogP contribution in [-0.2, 0) is 11.2 Å². The molecule has 0 aliphatic rings. The Bertz CT molecular complexity index is 447. The molecule has 0 heterocycles. The summed E-state index contributed by atoms with van der Waals surface area (Å²) in [6, 6.07) is 3.45. The predicted molar refractivity (Wildman–Crippen MR) is 58.2 cm³/mol. The van der Waals surface area contributed by atoms with Crippen molar-refractivity contribution in [2.75, 3.05) is 0 Å². The van der Waals surface area contributed by atoms with E-state index in [0.717, 1.165) is 12.1 Å². The quantitative estimate of drug-likeness (QED) is 0.634. The Morgan fingerprint density at radius 1 is 1.59 bits per heavy atom. The molecule has 0 bridgehead atoms. The van der Waals surface area contributed by atoms with Gasteiger partial charge in [-0.15, -0.1) is 0 Å². The highest BCUT2D eigenvalue weighted by atomic mass is 19.1. The molecule has 1 aromatic carbocycles. The highest BCUT2D eigenvalue weighted by Crippen LogP contribution is 2.20. The molecule has 92 valence electrons. The molecule has 0 aliphatic heterocycles. The molecule has 17 heavy (non-hydrogen) atoms. The molecule has 1 atom stereocenters. The van der Waals surface area contributed by atoms with E-state index in [-0.39, 0.29) is 6.42 Å². The monoisotopic (exact) mass is 241 g/mol. The Kier molecular flexibility index (Phi) is 4.14. The third-order valence-electron chi connectivity index (χ3n) is 2.53. The minimum absolute atomic E-state index is 0.167. The van der Waals surface area contributed by atoms with Crippen LogP contribution in [-0.4, -0.2) is 16.0 Å². The first-order valence-electron chi connectivity index (χ1n) is 5.11. The molecule has 5 nitrogen and oxygen atoms in total. The van der Waals surface area contributed by atoms with Crippen molar-refractivity contribution in [2.24, 2.45) is 5.92 Å². The number of hydrogen-bond donors (Lipinski definition) is 1. The zero-order valence-corrected chi connectivity index (χ0v) is 9.22. The molecule has 6 heteroatoms. The number of rotatable bonds is 5. The SMILES string of the molecule is CCC(Cc1ccc([N+](=O)[O-])c(F)c1)C(=O)O. The Balaban J connectivity index is 2.90. The summed E-state index contributed by atoms with van der Waals surface area (Å²) in [5.41, 5.74) is -0.153. The van der Waals surface area contributed by atoms with Gasteiger partial charge in [0.25, 0.3) is 0 Å². The van der Waals surface area contributed by atoms with Gasteiger partial charge in [-0.2, -0.15) is 4.39 Å². The minimum atomic E-state index is -0.953. The first kappa shape index (κ1) is 13.1. The predicted octanol–water partition coefficient (Wildman–Crippen LogP) is 2.39. The lowest BCUT2D eigenvalue weighted by atomic mass is 9.97. The zero-order chi connectivity index (χ0) is 13.0. The summed E-state index contributed by atoms with van der Waals surface area (Å²) in [6.45, 7) is 1.72. The van der Waals surface area contributed by atoms with E-state index in [0.29, 0.717) is 12.0 Å². The van der Waals surface area contributed by atoms with Crippen molar-refractivity contribution in [3.8, 4) is 0 Å². The molecule has 0 spiro atoms. The molecule has 1 aromatic rings. The van der Waals surface area contributed by atoms with Gasteiger partial charge in [-0.1, -0.05) is 13.0 Å². The molecule has 1 rings (SSSR count). The maximum Gasteiger partial charge on any atom is 0.306 e. The number of hydrogen-bond acceptors (Lipinski definition) is 3. The summed E-state index contributed by atoms with van der Waals surface area (Å²) in [4.78, 5) is 20.4. The van der Waals surface area contributed by atoms with Gasteiger partial charge in [0.1, 0.15) is 0 Å². The topological polar surface area (TPSA) is 80.4 Å². The molecular formula is C11H12FNO4. The van der Waals surface area contributed by atoms with Crippen LogP contribution in [0.2, 0.25) is 0 Å². The molecule has 1 unspecified atom stereocenters. The average molecular weight is 241 g/mol. The van der Waals surface area contributed by atoms with Crippen LogP contribution >= 0.6 is 0 Å². The van der Waals surface area contributed by atoms with Gasteiger partial charge < -0.3 is 5.11 Å².